The Morgan fingerprint density at radius 2 is 1.74 bits per heavy atom. The first kappa shape index (κ1) is 21.7. The Hall–Kier alpha value is -2.48. The number of rotatable bonds is 7. The average Bonchev–Trinajstić information content (AvgIpc) is 2.95. The summed E-state index contributed by atoms with van der Waals surface area (Å²) < 4.78 is 10.5. The molecule has 0 bridgehead atoms. The predicted molar refractivity (Wildman–Crippen MR) is 127 cm³/mol. The summed E-state index contributed by atoms with van der Waals surface area (Å²) in [6, 6.07) is 18.6. The van der Waals surface area contributed by atoms with Gasteiger partial charge in [0, 0.05) is 26.2 Å². The second-order valence-corrected chi connectivity index (χ2v) is 8.47. The van der Waals surface area contributed by atoms with Crippen molar-refractivity contribution in [2.75, 3.05) is 40.3 Å². The lowest BCUT2D eigenvalue weighted by molar-refractivity contribution is 0.211. The zero-order valence-electron chi connectivity index (χ0n) is 18.4. The molecule has 2 heterocycles. The summed E-state index contributed by atoms with van der Waals surface area (Å²) in [6.07, 6.45) is 2.06. The largest absolute Gasteiger partial charge is 0.496 e. The van der Waals surface area contributed by atoms with Gasteiger partial charge in [-0.25, -0.2) is 4.68 Å². The summed E-state index contributed by atoms with van der Waals surface area (Å²) in [5.41, 5.74) is 2.26. The fourth-order valence-corrected chi connectivity index (χ4v) is 4.36. The highest BCUT2D eigenvalue weighted by atomic mass is 32.1. The Bertz CT molecular complexity index is 1050. The molecular weight excluding hydrogens is 406 g/mol. The van der Waals surface area contributed by atoms with Crippen molar-refractivity contribution in [2.24, 2.45) is 0 Å². The Balaban J connectivity index is 1.66. The molecule has 1 saturated heterocycles. The topological polar surface area (TPSA) is 38.5 Å². The van der Waals surface area contributed by atoms with Gasteiger partial charge in [-0.3, -0.25) is 9.47 Å². The molecule has 3 aromatic rings. The van der Waals surface area contributed by atoms with Gasteiger partial charge in [0.2, 0.25) is 0 Å². The van der Waals surface area contributed by atoms with Gasteiger partial charge >= 0.3 is 0 Å². The highest BCUT2D eigenvalue weighted by Crippen LogP contribution is 2.29. The van der Waals surface area contributed by atoms with Crippen LogP contribution in [0.5, 0.6) is 5.75 Å². The SMILES string of the molecule is COc1ccccc1-c1nn(CN2CCCN(C)CC2)c(=S)n1CCc1ccccc1. The van der Waals surface area contributed by atoms with Gasteiger partial charge in [-0.05, 0) is 56.3 Å². The maximum absolute atomic E-state index is 5.92. The zero-order chi connectivity index (χ0) is 21.6. The van der Waals surface area contributed by atoms with E-state index in [1.54, 1.807) is 7.11 Å². The molecule has 0 saturated carbocycles. The van der Waals surface area contributed by atoms with E-state index in [-0.39, 0.29) is 0 Å². The van der Waals surface area contributed by atoms with Gasteiger partial charge in [-0.2, -0.15) is 5.10 Å². The van der Waals surface area contributed by atoms with Crippen molar-refractivity contribution in [2.45, 2.75) is 26.1 Å². The van der Waals surface area contributed by atoms with E-state index in [0.717, 1.165) is 67.5 Å². The lowest BCUT2D eigenvalue weighted by Crippen LogP contribution is -2.31. The van der Waals surface area contributed by atoms with Gasteiger partial charge in [-0.15, -0.1) is 0 Å². The molecule has 1 aliphatic heterocycles. The number of benzene rings is 2. The first-order chi connectivity index (χ1) is 15.2. The van der Waals surface area contributed by atoms with Crippen molar-refractivity contribution in [1.82, 2.24) is 24.1 Å². The molecule has 2 aromatic carbocycles. The number of hydrogen-bond donors (Lipinski definition) is 0. The molecule has 164 valence electrons. The Labute approximate surface area is 189 Å². The molecule has 0 N–H and O–H groups in total. The van der Waals surface area contributed by atoms with E-state index in [2.05, 4.69) is 51.7 Å². The fourth-order valence-electron chi connectivity index (χ4n) is 4.08. The molecule has 0 amide bonds. The number of aromatic nitrogens is 3. The van der Waals surface area contributed by atoms with Crippen molar-refractivity contribution in [3.05, 3.63) is 64.9 Å². The molecule has 0 radical (unpaired) electrons. The van der Waals surface area contributed by atoms with Crippen molar-refractivity contribution < 1.29 is 4.74 Å². The maximum atomic E-state index is 5.92. The number of hydrogen-bond acceptors (Lipinski definition) is 5. The molecule has 31 heavy (non-hydrogen) atoms. The second-order valence-electron chi connectivity index (χ2n) is 8.11. The van der Waals surface area contributed by atoms with E-state index in [9.17, 15) is 0 Å². The van der Waals surface area contributed by atoms with Gasteiger partial charge in [0.15, 0.2) is 10.6 Å². The molecule has 1 aliphatic rings. The molecule has 1 aromatic heterocycles. The summed E-state index contributed by atoms with van der Waals surface area (Å²) in [5, 5.41) is 4.98. The van der Waals surface area contributed by atoms with Crippen LogP contribution in [0.4, 0.5) is 0 Å². The average molecular weight is 438 g/mol. The predicted octanol–water partition coefficient (Wildman–Crippen LogP) is 3.93. The van der Waals surface area contributed by atoms with Gasteiger partial charge < -0.3 is 9.64 Å². The van der Waals surface area contributed by atoms with Crippen LogP contribution in [0.1, 0.15) is 12.0 Å². The van der Waals surface area contributed by atoms with Crippen molar-refractivity contribution in [3.63, 3.8) is 0 Å². The van der Waals surface area contributed by atoms with Gasteiger partial charge in [-0.1, -0.05) is 42.5 Å². The van der Waals surface area contributed by atoms with Crippen LogP contribution < -0.4 is 4.74 Å². The minimum atomic E-state index is 0.715. The molecular formula is C24H31N5OS. The van der Waals surface area contributed by atoms with E-state index in [1.165, 1.54) is 5.56 Å². The molecule has 0 spiro atoms. The third-order valence-corrected chi connectivity index (χ3v) is 6.31. The minimum Gasteiger partial charge on any atom is -0.496 e. The monoisotopic (exact) mass is 437 g/mol. The Morgan fingerprint density at radius 3 is 2.55 bits per heavy atom. The van der Waals surface area contributed by atoms with Crippen molar-refractivity contribution >= 4 is 12.2 Å². The highest BCUT2D eigenvalue weighted by Gasteiger charge is 2.19. The third-order valence-electron chi connectivity index (χ3n) is 5.88. The van der Waals surface area contributed by atoms with Gasteiger partial charge in [0.05, 0.1) is 19.3 Å². The summed E-state index contributed by atoms with van der Waals surface area (Å²) in [5.74, 6) is 1.68. The first-order valence-electron chi connectivity index (χ1n) is 10.9. The van der Waals surface area contributed by atoms with Crippen LogP contribution in [0.2, 0.25) is 0 Å². The quantitative estimate of drug-likeness (QED) is 0.524. The Morgan fingerprint density at radius 1 is 0.968 bits per heavy atom. The molecule has 0 atom stereocenters. The van der Waals surface area contributed by atoms with Crippen LogP contribution in [0, 0.1) is 4.77 Å². The number of methoxy groups -OCH3 is 1. The number of nitrogens with zero attached hydrogens (tertiary/aromatic N) is 5. The standard InChI is InChI=1S/C24H31N5OS/c1-26-14-8-15-27(18-17-26)19-29-24(31)28(16-13-20-9-4-3-5-10-20)23(25-29)21-11-6-7-12-22(21)30-2/h3-7,9-12H,8,13-19H2,1-2H3. The van der Waals surface area contributed by atoms with Crippen LogP contribution in [0.3, 0.4) is 0 Å². The van der Waals surface area contributed by atoms with E-state index >= 15 is 0 Å². The van der Waals surface area contributed by atoms with Crippen LogP contribution in [-0.2, 0) is 19.6 Å². The summed E-state index contributed by atoms with van der Waals surface area (Å²) in [4.78, 5) is 4.83. The number of para-hydroxylation sites is 1. The number of ether oxygens (including phenoxy) is 1. The lowest BCUT2D eigenvalue weighted by Gasteiger charge is -2.19. The second kappa shape index (κ2) is 10.2. The smallest absolute Gasteiger partial charge is 0.199 e. The zero-order valence-corrected chi connectivity index (χ0v) is 19.2. The summed E-state index contributed by atoms with van der Waals surface area (Å²) >= 11 is 5.92. The minimum absolute atomic E-state index is 0.715. The number of likely N-dealkylation sites (N-methyl/N-ethyl adjacent to an activating group) is 1. The van der Waals surface area contributed by atoms with Crippen LogP contribution in [-0.4, -0.2) is 64.5 Å². The van der Waals surface area contributed by atoms with Crippen LogP contribution in [0.25, 0.3) is 11.4 Å². The van der Waals surface area contributed by atoms with E-state index in [1.807, 2.05) is 28.9 Å². The fraction of sp³-hybridized carbons (Fsp3) is 0.417. The molecule has 4 rings (SSSR count). The normalized spacial score (nSPS) is 15.7. The third kappa shape index (κ3) is 5.23. The van der Waals surface area contributed by atoms with E-state index in [0.29, 0.717) is 6.67 Å². The summed E-state index contributed by atoms with van der Waals surface area (Å²) in [6.45, 7) is 5.79. The molecule has 1 fully saturated rings. The van der Waals surface area contributed by atoms with Crippen molar-refractivity contribution in [1.29, 1.82) is 0 Å². The molecule has 7 heteroatoms. The number of aryl methyl sites for hydroxylation is 1. The molecule has 0 unspecified atom stereocenters. The lowest BCUT2D eigenvalue weighted by atomic mass is 10.1. The van der Waals surface area contributed by atoms with Crippen LogP contribution in [0.15, 0.2) is 54.6 Å². The van der Waals surface area contributed by atoms with Crippen LogP contribution >= 0.6 is 12.2 Å². The van der Waals surface area contributed by atoms with Crippen molar-refractivity contribution in [3.8, 4) is 17.1 Å². The maximum Gasteiger partial charge on any atom is 0.199 e. The van der Waals surface area contributed by atoms with E-state index < -0.39 is 0 Å². The van der Waals surface area contributed by atoms with Gasteiger partial charge in [0.1, 0.15) is 5.75 Å². The highest BCUT2D eigenvalue weighted by molar-refractivity contribution is 7.71. The van der Waals surface area contributed by atoms with Gasteiger partial charge in [0.25, 0.3) is 0 Å². The molecule has 0 aliphatic carbocycles. The summed E-state index contributed by atoms with van der Waals surface area (Å²) in [7, 11) is 3.89. The van der Waals surface area contributed by atoms with E-state index in [4.69, 9.17) is 22.1 Å². The molecule has 6 nitrogen and oxygen atoms in total. The first-order valence-corrected chi connectivity index (χ1v) is 11.3. The Kier molecular flexibility index (Phi) is 7.17.